The molecule has 1 aliphatic rings. The van der Waals surface area contributed by atoms with Gasteiger partial charge in [0.05, 0.1) is 0 Å². The first-order valence-corrected chi connectivity index (χ1v) is 6.95. The highest BCUT2D eigenvalue weighted by atomic mass is 16.5. The van der Waals surface area contributed by atoms with Gasteiger partial charge in [-0.25, -0.2) is 0 Å². The summed E-state index contributed by atoms with van der Waals surface area (Å²) >= 11 is 0. The van der Waals surface area contributed by atoms with E-state index in [2.05, 4.69) is 51.2 Å². The molecule has 18 heavy (non-hydrogen) atoms. The van der Waals surface area contributed by atoms with Crippen molar-refractivity contribution in [2.24, 2.45) is 0 Å². The van der Waals surface area contributed by atoms with Crippen LogP contribution in [0.3, 0.4) is 0 Å². The molecular formula is C16H25NO. The van der Waals surface area contributed by atoms with Crippen molar-refractivity contribution in [3.63, 3.8) is 0 Å². The molecule has 1 atom stereocenters. The molecule has 0 aromatic heterocycles. The van der Waals surface area contributed by atoms with Gasteiger partial charge in [0.15, 0.2) is 0 Å². The number of benzene rings is 1. The number of rotatable bonds is 3. The van der Waals surface area contributed by atoms with Gasteiger partial charge in [0.25, 0.3) is 0 Å². The number of nitrogens with one attached hydrogen (secondary N) is 1. The fraction of sp³-hybridized carbons (Fsp3) is 0.625. The Bertz CT molecular complexity index is 400. The van der Waals surface area contributed by atoms with Crippen LogP contribution < -0.4 is 10.1 Å². The summed E-state index contributed by atoms with van der Waals surface area (Å²) in [6.07, 6.45) is 2.50. The van der Waals surface area contributed by atoms with Gasteiger partial charge >= 0.3 is 0 Å². The Kier molecular flexibility index (Phi) is 3.96. The minimum absolute atomic E-state index is 0.129. The van der Waals surface area contributed by atoms with Crippen LogP contribution in [-0.2, 0) is 5.41 Å². The Labute approximate surface area is 111 Å². The molecule has 0 amide bonds. The molecule has 1 fully saturated rings. The van der Waals surface area contributed by atoms with Crippen LogP contribution in [-0.4, -0.2) is 19.2 Å². The topological polar surface area (TPSA) is 21.3 Å². The van der Waals surface area contributed by atoms with E-state index in [9.17, 15) is 0 Å². The molecule has 1 aliphatic heterocycles. The molecule has 0 bridgehead atoms. The standard InChI is InChI=1S/C16H25NO/c1-12-7-5-9-14(16(2,3)4)15(12)18-11-13-8-6-10-17-13/h5,7,9,13,17H,6,8,10-11H2,1-4H3/t13-/m0/s1. The quantitative estimate of drug-likeness (QED) is 0.883. The predicted molar refractivity (Wildman–Crippen MR) is 76.4 cm³/mol. The maximum Gasteiger partial charge on any atom is 0.126 e. The molecule has 1 N–H and O–H groups in total. The summed E-state index contributed by atoms with van der Waals surface area (Å²) < 4.78 is 6.12. The fourth-order valence-corrected chi connectivity index (χ4v) is 2.52. The van der Waals surface area contributed by atoms with Gasteiger partial charge in [-0.3, -0.25) is 0 Å². The van der Waals surface area contributed by atoms with E-state index in [1.165, 1.54) is 24.0 Å². The van der Waals surface area contributed by atoms with Gasteiger partial charge in [-0.05, 0) is 42.9 Å². The smallest absolute Gasteiger partial charge is 0.126 e. The molecule has 1 heterocycles. The van der Waals surface area contributed by atoms with Crippen molar-refractivity contribution in [2.75, 3.05) is 13.2 Å². The summed E-state index contributed by atoms with van der Waals surface area (Å²) in [5.41, 5.74) is 2.67. The van der Waals surface area contributed by atoms with Crippen molar-refractivity contribution in [1.82, 2.24) is 5.32 Å². The number of hydrogen-bond acceptors (Lipinski definition) is 2. The first kappa shape index (κ1) is 13.4. The normalized spacial score (nSPS) is 20.1. The lowest BCUT2D eigenvalue weighted by atomic mass is 9.85. The molecule has 0 radical (unpaired) electrons. The molecule has 0 unspecified atom stereocenters. The lowest BCUT2D eigenvalue weighted by Gasteiger charge is -2.25. The van der Waals surface area contributed by atoms with Crippen molar-refractivity contribution >= 4 is 0 Å². The highest BCUT2D eigenvalue weighted by Gasteiger charge is 2.21. The number of para-hydroxylation sites is 1. The largest absolute Gasteiger partial charge is 0.491 e. The van der Waals surface area contributed by atoms with Crippen LogP contribution >= 0.6 is 0 Å². The average Bonchev–Trinajstić information content (AvgIpc) is 2.78. The van der Waals surface area contributed by atoms with Gasteiger partial charge < -0.3 is 10.1 Å². The molecule has 1 saturated heterocycles. The fourth-order valence-electron chi connectivity index (χ4n) is 2.52. The maximum absolute atomic E-state index is 6.12. The van der Waals surface area contributed by atoms with E-state index in [0.717, 1.165) is 18.9 Å². The van der Waals surface area contributed by atoms with Gasteiger partial charge in [-0.15, -0.1) is 0 Å². The van der Waals surface area contributed by atoms with Crippen LogP contribution in [0.5, 0.6) is 5.75 Å². The summed E-state index contributed by atoms with van der Waals surface area (Å²) in [4.78, 5) is 0. The van der Waals surface area contributed by atoms with Crippen molar-refractivity contribution < 1.29 is 4.74 Å². The third kappa shape index (κ3) is 3.05. The van der Waals surface area contributed by atoms with Crippen molar-refractivity contribution in [1.29, 1.82) is 0 Å². The molecule has 0 spiro atoms. The van der Waals surface area contributed by atoms with Gasteiger partial charge in [0.2, 0.25) is 0 Å². The molecule has 1 aromatic rings. The second-order valence-corrected chi connectivity index (χ2v) is 6.31. The van der Waals surface area contributed by atoms with E-state index in [4.69, 9.17) is 4.74 Å². The Morgan fingerprint density at radius 1 is 1.33 bits per heavy atom. The van der Waals surface area contributed by atoms with E-state index < -0.39 is 0 Å². The van der Waals surface area contributed by atoms with Crippen LogP contribution in [0.2, 0.25) is 0 Å². The molecule has 1 aromatic carbocycles. The summed E-state index contributed by atoms with van der Waals surface area (Å²) in [5.74, 6) is 1.08. The van der Waals surface area contributed by atoms with Crippen molar-refractivity contribution in [3.8, 4) is 5.75 Å². The summed E-state index contributed by atoms with van der Waals surface area (Å²) in [5, 5.41) is 3.48. The maximum atomic E-state index is 6.12. The van der Waals surface area contributed by atoms with Gasteiger partial charge in [0.1, 0.15) is 12.4 Å². The minimum atomic E-state index is 0.129. The second-order valence-electron chi connectivity index (χ2n) is 6.31. The summed E-state index contributed by atoms with van der Waals surface area (Å²) in [7, 11) is 0. The zero-order chi connectivity index (χ0) is 13.2. The van der Waals surface area contributed by atoms with E-state index >= 15 is 0 Å². The number of hydrogen-bond donors (Lipinski definition) is 1. The molecule has 2 heteroatoms. The Hall–Kier alpha value is -1.02. The highest BCUT2D eigenvalue weighted by molar-refractivity contribution is 5.44. The first-order chi connectivity index (χ1) is 8.48. The highest BCUT2D eigenvalue weighted by Crippen LogP contribution is 2.33. The van der Waals surface area contributed by atoms with Crippen LogP contribution in [0.4, 0.5) is 0 Å². The minimum Gasteiger partial charge on any atom is -0.491 e. The van der Waals surface area contributed by atoms with Crippen LogP contribution in [0.25, 0.3) is 0 Å². The second kappa shape index (κ2) is 5.31. The lowest BCUT2D eigenvalue weighted by molar-refractivity contribution is 0.269. The molecule has 2 nitrogen and oxygen atoms in total. The van der Waals surface area contributed by atoms with Gasteiger partial charge in [-0.1, -0.05) is 39.0 Å². The lowest BCUT2D eigenvalue weighted by Crippen LogP contribution is -2.29. The molecule has 2 rings (SSSR count). The summed E-state index contributed by atoms with van der Waals surface area (Å²) in [6, 6.07) is 6.96. The number of aryl methyl sites for hydroxylation is 1. The zero-order valence-electron chi connectivity index (χ0n) is 12.0. The Morgan fingerprint density at radius 3 is 2.72 bits per heavy atom. The average molecular weight is 247 g/mol. The van der Waals surface area contributed by atoms with Crippen molar-refractivity contribution in [3.05, 3.63) is 29.3 Å². The van der Waals surface area contributed by atoms with E-state index in [0.29, 0.717) is 6.04 Å². The van der Waals surface area contributed by atoms with Crippen molar-refractivity contribution in [2.45, 2.75) is 52.0 Å². The Balaban J connectivity index is 2.14. The van der Waals surface area contributed by atoms with Crippen LogP contribution in [0.15, 0.2) is 18.2 Å². The molecular weight excluding hydrogens is 222 g/mol. The van der Waals surface area contributed by atoms with Gasteiger partial charge in [-0.2, -0.15) is 0 Å². The number of ether oxygens (including phenoxy) is 1. The third-order valence-corrected chi connectivity index (χ3v) is 3.61. The van der Waals surface area contributed by atoms with Gasteiger partial charge in [0, 0.05) is 6.04 Å². The van der Waals surface area contributed by atoms with E-state index in [1.807, 2.05) is 0 Å². The summed E-state index contributed by atoms with van der Waals surface area (Å²) in [6.45, 7) is 10.8. The molecule has 0 saturated carbocycles. The van der Waals surface area contributed by atoms with Crippen LogP contribution in [0, 0.1) is 6.92 Å². The third-order valence-electron chi connectivity index (χ3n) is 3.61. The van der Waals surface area contributed by atoms with E-state index in [1.54, 1.807) is 0 Å². The zero-order valence-corrected chi connectivity index (χ0v) is 12.0. The predicted octanol–water partition coefficient (Wildman–Crippen LogP) is 3.42. The molecule has 100 valence electrons. The van der Waals surface area contributed by atoms with E-state index in [-0.39, 0.29) is 5.41 Å². The van der Waals surface area contributed by atoms with Crippen LogP contribution in [0.1, 0.15) is 44.7 Å². The molecule has 0 aliphatic carbocycles. The first-order valence-electron chi connectivity index (χ1n) is 6.95. The monoisotopic (exact) mass is 247 g/mol. The SMILES string of the molecule is Cc1cccc(C(C)(C)C)c1OC[C@@H]1CCCN1. The Morgan fingerprint density at radius 2 is 2.11 bits per heavy atom.